The summed E-state index contributed by atoms with van der Waals surface area (Å²) in [7, 11) is -4.43. The lowest BCUT2D eigenvalue weighted by Crippen LogP contribution is -2.47. The molecule has 3 aromatic rings. The molecule has 2 aromatic carbocycles. The normalized spacial score (nSPS) is 20.8. The second-order valence-corrected chi connectivity index (χ2v) is 12.0. The molecule has 5 rings (SSSR count). The van der Waals surface area contributed by atoms with Crippen molar-refractivity contribution in [2.75, 3.05) is 12.4 Å². The zero-order valence-electron chi connectivity index (χ0n) is 22.5. The number of aromatic nitrogens is 2. The van der Waals surface area contributed by atoms with E-state index in [1.807, 2.05) is 6.08 Å². The molecule has 0 unspecified atom stereocenters. The maximum Gasteiger partial charge on any atom is 0.501 e. The first-order chi connectivity index (χ1) is 20.7. The monoisotopic (exact) mass is 634 g/mol. The number of alkyl halides is 3. The average molecular weight is 635 g/mol. The van der Waals surface area contributed by atoms with Crippen molar-refractivity contribution >= 4 is 33.3 Å². The number of nitrogens with one attached hydrogen (secondary N) is 2. The molecule has 0 radical (unpaired) electrons. The van der Waals surface area contributed by atoms with E-state index in [0.29, 0.717) is 12.5 Å². The minimum atomic E-state index is -5.65. The van der Waals surface area contributed by atoms with Gasteiger partial charge in [0, 0.05) is 23.4 Å². The van der Waals surface area contributed by atoms with E-state index in [1.165, 1.54) is 13.2 Å². The van der Waals surface area contributed by atoms with E-state index in [4.69, 9.17) is 9.84 Å². The molecular weight excluding hydrogens is 612 g/mol. The molecule has 230 valence electrons. The van der Waals surface area contributed by atoms with Gasteiger partial charge >= 0.3 is 11.5 Å². The van der Waals surface area contributed by atoms with E-state index >= 15 is 0 Å². The van der Waals surface area contributed by atoms with E-state index in [0.717, 1.165) is 36.7 Å². The highest BCUT2D eigenvalue weighted by Crippen LogP contribution is 2.45. The van der Waals surface area contributed by atoms with Crippen molar-refractivity contribution in [2.24, 2.45) is 17.8 Å². The molecular formula is C28H22F4N4O7S. The molecule has 1 fully saturated rings. The molecule has 2 bridgehead atoms. The number of sulfone groups is 1. The van der Waals surface area contributed by atoms with Gasteiger partial charge in [-0.15, -0.1) is 0 Å². The fourth-order valence-electron chi connectivity index (χ4n) is 5.38. The van der Waals surface area contributed by atoms with Gasteiger partial charge in [0.15, 0.2) is 5.69 Å². The SMILES string of the molecule is COc1cc(F)c(-c2cnc(C(=O)O)cn2)cc1C(=O)N[C@H]1[C@@H](C(=O)Nc2cccc(S(=O)(=O)C(F)(F)F)c2)[C@@H]2C=C[C@H]1C2. The number of allylic oxidation sites excluding steroid dienone is 1. The maximum absolute atomic E-state index is 14.9. The first-order valence-corrected chi connectivity index (χ1v) is 14.3. The summed E-state index contributed by atoms with van der Waals surface area (Å²) in [6.07, 6.45) is 6.07. The van der Waals surface area contributed by atoms with Gasteiger partial charge in [-0.3, -0.25) is 14.6 Å². The second-order valence-electron chi connectivity index (χ2n) is 10.1. The number of carboxylic acids is 1. The molecule has 0 spiro atoms. The number of rotatable bonds is 8. The van der Waals surface area contributed by atoms with Gasteiger partial charge in [-0.2, -0.15) is 13.2 Å². The van der Waals surface area contributed by atoms with Crippen molar-refractivity contribution in [1.29, 1.82) is 0 Å². The van der Waals surface area contributed by atoms with Crippen LogP contribution in [0.3, 0.4) is 0 Å². The number of benzene rings is 2. The molecule has 16 heteroatoms. The molecule has 1 aromatic heterocycles. The lowest BCUT2D eigenvalue weighted by atomic mass is 9.87. The van der Waals surface area contributed by atoms with Crippen LogP contribution in [0.2, 0.25) is 0 Å². The molecule has 2 aliphatic rings. The number of fused-ring (bicyclic) bond motifs is 2. The number of hydrogen-bond acceptors (Lipinski definition) is 8. The Labute approximate surface area is 246 Å². The van der Waals surface area contributed by atoms with Gasteiger partial charge in [-0.25, -0.2) is 22.6 Å². The Kier molecular flexibility index (Phi) is 7.88. The van der Waals surface area contributed by atoms with E-state index in [1.54, 1.807) is 6.08 Å². The van der Waals surface area contributed by atoms with Gasteiger partial charge < -0.3 is 20.5 Å². The summed E-state index contributed by atoms with van der Waals surface area (Å²) in [5, 5.41) is 14.3. The Morgan fingerprint density at radius 1 is 1.05 bits per heavy atom. The number of carbonyl (C=O) groups is 3. The van der Waals surface area contributed by atoms with Crippen LogP contribution < -0.4 is 15.4 Å². The van der Waals surface area contributed by atoms with Crippen LogP contribution in [-0.2, 0) is 14.6 Å². The second kappa shape index (κ2) is 11.3. The van der Waals surface area contributed by atoms with Gasteiger partial charge in [-0.05, 0) is 42.5 Å². The summed E-state index contributed by atoms with van der Waals surface area (Å²) >= 11 is 0. The van der Waals surface area contributed by atoms with Crippen LogP contribution in [0.4, 0.5) is 23.2 Å². The van der Waals surface area contributed by atoms with E-state index in [2.05, 4.69) is 20.6 Å². The van der Waals surface area contributed by atoms with Crippen molar-refractivity contribution in [1.82, 2.24) is 15.3 Å². The molecule has 44 heavy (non-hydrogen) atoms. The Balaban J connectivity index is 1.40. The molecule has 0 saturated heterocycles. The van der Waals surface area contributed by atoms with Crippen LogP contribution in [0, 0.1) is 23.6 Å². The van der Waals surface area contributed by atoms with E-state index in [9.17, 15) is 40.4 Å². The molecule has 2 amide bonds. The topological polar surface area (TPSA) is 165 Å². The number of nitrogens with zero attached hydrogens (tertiary/aromatic N) is 2. The molecule has 4 atom stereocenters. The number of anilines is 1. The zero-order chi connectivity index (χ0) is 32.0. The van der Waals surface area contributed by atoms with E-state index in [-0.39, 0.29) is 45.8 Å². The predicted molar refractivity (Wildman–Crippen MR) is 145 cm³/mol. The molecule has 2 aliphatic carbocycles. The standard InChI is InChI=1S/C28H22F4N4O7S/c1-43-22-10-19(29)17(20-11-34-21(12-33-20)27(39)40)9-18(22)25(37)36-24-14-6-5-13(7-14)23(24)26(38)35-15-3-2-4-16(8-15)44(41,42)28(30,31)32/h2-6,8-14,23-24H,7H2,1H3,(H,35,38)(H,36,37)(H,39,40)/t13-,14+,23+,24-/m1/s1. The summed E-state index contributed by atoms with van der Waals surface area (Å²) in [4.78, 5) is 44.6. The van der Waals surface area contributed by atoms with Crippen molar-refractivity contribution in [2.45, 2.75) is 22.9 Å². The van der Waals surface area contributed by atoms with Gasteiger partial charge in [0.25, 0.3) is 15.7 Å². The van der Waals surface area contributed by atoms with Crippen LogP contribution in [-0.4, -0.2) is 59.9 Å². The van der Waals surface area contributed by atoms with Crippen LogP contribution in [0.15, 0.2) is 65.8 Å². The lowest BCUT2D eigenvalue weighted by Gasteiger charge is -2.28. The van der Waals surface area contributed by atoms with Crippen LogP contribution in [0.25, 0.3) is 11.3 Å². The highest BCUT2D eigenvalue weighted by Gasteiger charge is 2.49. The first kappa shape index (κ1) is 30.6. The number of hydrogen-bond donors (Lipinski definition) is 3. The van der Waals surface area contributed by atoms with Gasteiger partial charge in [0.05, 0.1) is 41.6 Å². The number of halogens is 4. The van der Waals surface area contributed by atoms with Gasteiger partial charge in [0.1, 0.15) is 11.6 Å². The van der Waals surface area contributed by atoms with Crippen LogP contribution in [0.5, 0.6) is 5.75 Å². The summed E-state index contributed by atoms with van der Waals surface area (Å²) in [5.74, 6) is -5.19. The molecule has 1 heterocycles. The van der Waals surface area contributed by atoms with Crippen molar-refractivity contribution < 1.29 is 50.2 Å². The lowest BCUT2D eigenvalue weighted by molar-refractivity contribution is -0.121. The fraction of sp³-hybridized carbons (Fsp3) is 0.250. The average Bonchev–Trinajstić information content (AvgIpc) is 3.58. The summed E-state index contributed by atoms with van der Waals surface area (Å²) in [6, 6.07) is 5.08. The third kappa shape index (κ3) is 5.59. The third-order valence-electron chi connectivity index (χ3n) is 7.46. The largest absolute Gasteiger partial charge is 0.501 e. The quantitative estimate of drug-likeness (QED) is 0.247. The number of carboxylic acid groups (broad SMARTS) is 1. The summed E-state index contributed by atoms with van der Waals surface area (Å²) in [5.41, 5.74) is -6.43. The number of methoxy groups -OCH3 is 1. The predicted octanol–water partition coefficient (Wildman–Crippen LogP) is 3.84. The van der Waals surface area contributed by atoms with Crippen molar-refractivity contribution in [3.8, 4) is 17.0 Å². The molecule has 0 aliphatic heterocycles. The number of ether oxygens (including phenoxy) is 1. The minimum Gasteiger partial charge on any atom is -0.496 e. The molecule has 1 saturated carbocycles. The van der Waals surface area contributed by atoms with Crippen LogP contribution in [0.1, 0.15) is 27.3 Å². The Morgan fingerprint density at radius 2 is 1.77 bits per heavy atom. The fourth-order valence-corrected chi connectivity index (χ4v) is 6.19. The Hall–Kier alpha value is -4.86. The van der Waals surface area contributed by atoms with Crippen molar-refractivity contribution in [3.05, 3.63) is 78.0 Å². The minimum absolute atomic E-state index is 0.0564. The third-order valence-corrected chi connectivity index (χ3v) is 8.94. The number of carbonyl (C=O) groups excluding carboxylic acids is 2. The highest BCUT2D eigenvalue weighted by molar-refractivity contribution is 7.92. The number of amides is 2. The zero-order valence-corrected chi connectivity index (χ0v) is 23.3. The van der Waals surface area contributed by atoms with Gasteiger partial charge in [0.2, 0.25) is 5.91 Å². The highest BCUT2D eigenvalue weighted by atomic mass is 32.2. The smallest absolute Gasteiger partial charge is 0.496 e. The van der Waals surface area contributed by atoms with E-state index < -0.39 is 55.8 Å². The maximum atomic E-state index is 14.9. The first-order valence-electron chi connectivity index (χ1n) is 12.9. The molecule has 11 nitrogen and oxygen atoms in total. The summed E-state index contributed by atoms with van der Waals surface area (Å²) < 4.78 is 82.9. The van der Waals surface area contributed by atoms with Crippen molar-refractivity contribution in [3.63, 3.8) is 0 Å². The molecule has 3 N–H and O–H groups in total. The number of aromatic carboxylic acids is 1. The Morgan fingerprint density at radius 3 is 2.41 bits per heavy atom. The van der Waals surface area contributed by atoms with Crippen LogP contribution >= 0.6 is 0 Å². The van der Waals surface area contributed by atoms with Gasteiger partial charge in [-0.1, -0.05) is 18.2 Å². The summed E-state index contributed by atoms with van der Waals surface area (Å²) in [6.45, 7) is 0. The Bertz CT molecular complexity index is 1800.